The highest BCUT2D eigenvalue weighted by Gasteiger charge is 2.13. The van der Waals surface area contributed by atoms with Gasteiger partial charge in [0.1, 0.15) is 10.8 Å². The van der Waals surface area contributed by atoms with Gasteiger partial charge < -0.3 is 10.1 Å². The highest BCUT2D eigenvalue weighted by atomic mass is 32.1. The Morgan fingerprint density at radius 2 is 2.39 bits per heavy atom. The second-order valence-electron chi connectivity index (χ2n) is 4.35. The Hall–Kier alpha value is -1.39. The molecule has 0 atom stereocenters. The molecule has 0 saturated carbocycles. The number of thiazole rings is 1. The van der Waals surface area contributed by atoms with Crippen molar-refractivity contribution >= 4 is 11.3 Å². The zero-order valence-corrected chi connectivity index (χ0v) is 11.2. The van der Waals surface area contributed by atoms with Gasteiger partial charge in [-0.1, -0.05) is 6.92 Å². The predicted octanol–water partition coefficient (Wildman–Crippen LogP) is 2.85. The summed E-state index contributed by atoms with van der Waals surface area (Å²) in [4.78, 5) is 4.66. The molecule has 0 saturated heterocycles. The van der Waals surface area contributed by atoms with Crippen molar-refractivity contribution in [2.24, 2.45) is 0 Å². The highest BCUT2D eigenvalue weighted by Crippen LogP contribution is 2.31. The maximum absolute atomic E-state index is 5.52. The van der Waals surface area contributed by atoms with Crippen LogP contribution >= 0.6 is 11.3 Å². The van der Waals surface area contributed by atoms with E-state index in [4.69, 9.17) is 4.74 Å². The molecule has 1 aliphatic heterocycles. The van der Waals surface area contributed by atoms with E-state index in [9.17, 15) is 0 Å². The summed E-state index contributed by atoms with van der Waals surface area (Å²) in [7, 11) is 0. The minimum Gasteiger partial charge on any atom is -0.493 e. The third-order valence-corrected chi connectivity index (χ3v) is 3.98. The first kappa shape index (κ1) is 11.7. The third-order valence-electron chi connectivity index (χ3n) is 3.04. The van der Waals surface area contributed by atoms with Gasteiger partial charge in [0.25, 0.3) is 0 Å². The molecule has 3 nitrogen and oxygen atoms in total. The molecule has 18 heavy (non-hydrogen) atoms. The van der Waals surface area contributed by atoms with Gasteiger partial charge >= 0.3 is 0 Å². The van der Waals surface area contributed by atoms with Crippen molar-refractivity contribution in [3.63, 3.8) is 0 Å². The van der Waals surface area contributed by atoms with Crippen LogP contribution < -0.4 is 10.1 Å². The first-order valence-electron chi connectivity index (χ1n) is 6.28. The van der Waals surface area contributed by atoms with Gasteiger partial charge in [0.05, 0.1) is 12.3 Å². The molecule has 3 rings (SSSR count). The molecule has 0 bridgehead atoms. The van der Waals surface area contributed by atoms with Crippen LogP contribution in [-0.2, 0) is 13.0 Å². The fraction of sp³-hybridized carbons (Fsp3) is 0.357. The Balaban J connectivity index is 1.83. The first-order chi connectivity index (χ1) is 8.86. The molecule has 0 fully saturated rings. The molecule has 2 heterocycles. The summed E-state index contributed by atoms with van der Waals surface area (Å²) < 4.78 is 5.52. The number of nitrogens with one attached hydrogen (secondary N) is 1. The Kier molecular flexibility index (Phi) is 3.30. The lowest BCUT2D eigenvalue weighted by molar-refractivity contribution is 0.357. The van der Waals surface area contributed by atoms with Crippen molar-refractivity contribution in [1.82, 2.24) is 10.3 Å². The van der Waals surface area contributed by atoms with Gasteiger partial charge in [-0.3, -0.25) is 0 Å². The van der Waals surface area contributed by atoms with E-state index in [-0.39, 0.29) is 0 Å². The maximum atomic E-state index is 5.52. The van der Waals surface area contributed by atoms with Gasteiger partial charge in [-0.15, -0.1) is 11.3 Å². The molecule has 1 N–H and O–H groups in total. The fourth-order valence-electron chi connectivity index (χ4n) is 2.09. The van der Waals surface area contributed by atoms with Gasteiger partial charge in [-0.2, -0.15) is 0 Å². The molecule has 0 radical (unpaired) electrons. The Morgan fingerprint density at radius 1 is 1.44 bits per heavy atom. The average Bonchev–Trinajstić information content (AvgIpc) is 3.04. The topological polar surface area (TPSA) is 34.1 Å². The molecule has 1 aromatic heterocycles. The molecular formula is C14H16N2OS. The first-order valence-corrected chi connectivity index (χ1v) is 7.16. The van der Waals surface area contributed by atoms with Crippen molar-refractivity contribution < 1.29 is 4.74 Å². The molecule has 0 spiro atoms. The molecule has 4 heteroatoms. The molecular weight excluding hydrogens is 244 g/mol. The Labute approximate surface area is 111 Å². The number of fused-ring (bicyclic) bond motifs is 1. The van der Waals surface area contributed by atoms with E-state index in [1.807, 2.05) is 0 Å². The number of ether oxygens (including phenoxy) is 1. The van der Waals surface area contributed by atoms with Crippen molar-refractivity contribution in [3.8, 4) is 16.3 Å². The van der Waals surface area contributed by atoms with Gasteiger partial charge in [0.2, 0.25) is 0 Å². The van der Waals surface area contributed by atoms with E-state index in [1.54, 1.807) is 11.3 Å². The summed E-state index contributed by atoms with van der Waals surface area (Å²) in [6, 6.07) is 6.36. The summed E-state index contributed by atoms with van der Waals surface area (Å²) in [5.74, 6) is 1.03. The molecule has 1 aromatic carbocycles. The van der Waals surface area contributed by atoms with E-state index < -0.39 is 0 Å². The van der Waals surface area contributed by atoms with E-state index in [2.05, 4.69) is 40.8 Å². The standard InChI is InChI=1S/C14H16N2OS/c1-2-15-8-12-9-18-14(16-12)11-3-4-13-10(7-11)5-6-17-13/h3-4,7,9,15H,2,5-6,8H2,1H3. The second kappa shape index (κ2) is 5.08. The Morgan fingerprint density at radius 3 is 3.28 bits per heavy atom. The molecule has 0 aliphatic carbocycles. The maximum Gasteiger partial charge on any atom is 0.123 e. The third kappa shape index (κ3) is 2.26. The lowest BCUT2D eigenvalue weighted by Gasteiger charge is -2.01. The summed E-state index contributed by atoms with van der Waals surface area (Å²) in [5, 5.41) is 6.52. The van der Waals surface area contributed by atoms with Crippen LogP contribution in [-0.4, -0.2) is 18.1 Å². The monoisotopic (exact) mass is 260 g/mol. The fourth-order valence-corrected chi connectivity index (χ4v) is 2.91. The summed E-state index contributed by atoms with van der Waals surface area (Å²) in [5.41, 5.74) is 3.62. The lowest BCUT2D eigenvalue weighted by atomic mass is 10.1. The van der Waals surface area contributed by atoms with Crippen LogP contribution in [0.2, 0.25) is 0 Å². The van der Waals surface area contributed by atoms with Gasteiger partial charge in [0.15, 0.2) is 0 Å². The zero-order chi connectivity index (χ0) is 12.4. The van der Waals surface area contributed by atoms with E-state index >= 15 is 0 Å². The largest absolute Gasteiger partial charge is 0.493 e. The number of benzene rings is 1. The van der Waals surface area contributed by atoms with Gasteiger partial charge in [0, 0.05) is 23.9 Å². The van der Waals surface area contributed by atoms with Gasteiger partial charge in [-0.05, 0) is 30.3 Å². The van der Waals surface area contributed by atoms with Crippen molar-refractivity contribution in [1.29, 1.82) is 0 Å². The van der Waals surface area contributed by atoms with Gasteiger partial charge in [-0.25, -0.2) is 4.98 Å². The number of nitrogens with zero attached hydrogens (tertiary/aromatic N) is 1. The average molecular weight is 260 g/mol. The normalized spacial score (nSPS) is 13.4. The quantitative estimate of drug-likeness (QED) is 0.918. The van der Waals surface area contributed by atoms with E-state index in [0.717, 1.165) is 42.6 Å². The van der Waals surface area contributed by atoms with Crippen molar-refractivity contribution in [3.05, 3.63) is 34.8 Å². The number of rotatable bonds is 4. The van der Waals surface area contributed by atoms with E-state index in [0.29, 0.717) is 0 Å². The predicted molar refractivity (Wildman–Crippen MR) is 74.1 cm³/mol. The SMILES string of the molecule is CCNCc1csc(-c2ccc3c(c2)CCO3)n1. The minimum atomic E-state index is 0.808. The summed E-state index contributed by atoms with van der Waals surface area (Å²) in [6.45, 7) is 4.74. The van der Waals surface area contributed by atoms with Crippen molar-refractivity contribution in [2.45, 2.75) is 19.9 Å². The van der Waals surface area contributed by atoms with E-state index in [1.165, 1.54) is 11.1 Å². The smallest absolute Gasteiger partial charge is 0.123 e. The minimum absolute atomic E-state index is 0.808. The molecule has 0 amide bonds. The van der Waals surface area contributed by atoms with Crippen molar-refractivity contribution in [2.75, 3.05) is 13.2 Å². The van der Waals surface area contributed by atoms with Crippen LogP contribution in [0.25, 0.3) is 10.6 Å². The number of hydrogen-bond donors (Lipinski definition) is 1. The van der Waals surface area contributed by atoms with Crippen LogP contribution in [0.4, 0.5) is 0 Å². The second-order valence-corrected chi connectivity index (χ2v) is 5.20. The Bertz CT molecular complexity index is 550. The van der Waals surface area contributed by atoms with Crippen LogP contribution in [0.1, 0.15) is 18.2 Å². The summed E-state index contributed by atoms with van der Waals surface area (Å²) in [6.07, 6.45) is 1.01. The highest BCUT2D eigenvalue weighted by molar-refractivity contribution is 7.13. The molecule has 2 aromatic rings. The molecule has 1 aliphatic rings. The lowest BCUT2D eigenvalue weighted by Crippen LogP contribution is -2.11. The number of hydrogen-bond acceptors (Lipinski definition) is 4. The van der Waals surface area contributed by atoms with Crippen LogP contribution in [0.15, 0.2) is 23.6 Å². The van der Waals surface area contributed by atoms with Crippen LogP contribution in [0.3, 0.4) is 0 Å². The molecule has 0 unspecified atom stereocenters. The number of aromatic nitrogens is 1. The summed E-state index contributed by atoms with van der Waals surface area (Å²) >= 11 is 1.71. The molecule has 94 valence electrons. The zero-order valence-electron chi connectivity index (χ0n) is 10.4. The van der Waals surface area contributed by atoms with Crippen LogP contribution in [0, 0.1) is 0 Å². The van der Waals surface area contributed by atoms with Crippen LogP contribution in [0.5, 0.6) is 5.75 Å².